The van der Waals surface area contributed by atoms with Gasteiger partial charge in [-0.15, -0.1) is 0 Å². The van der Waals surface area contributed by atoms with E-state index in [9.17, 15) is 0 Å². The molecular weight excluding hydrogens is 218 g/mol. The van der Waals surface area contributed by atoms with Crippen LogP contribution in [0.25, 0.3) is 0 Å². The summed E-state index contributed by atoms with van der Waals surface area (Å²) in [5.74, 6) is 0. The lowest BCUT2D eigenvalue weighted by atomic mass is 9.98. The molecule has 3 heteroatoms. The lowest BCUT2D eigenvalue weighted by Gasteiger charge is -2.15. The number of hydrogen-bond acceptors (Lipinski definition) is 3. The van der Waals surface area contributed by atoms with Gasteiger partial charge >= 0.3 is 0 Å². The molecular formula is C13H21NOS. The predicted molar refractivity (Wildman–Crippen MR) is 69.1 cm³/mol. The highest BCUT2D eigenvalue weighted by Crippen LogP contribution is 2.48. The number of hydrogen-bond donors (Lipinski definition) is 1. The van der Waals surface area contributed by atoms with Crippen LogP contribution in [0, 0.1) is 5.41 Å². The summed E-state index contributed by atoms with van der Waals surface area (Å²) in [6.45, 7) is 2.97. The van der Waals surface area contributed by atoms with Crippen molar-refractivity contribution in [2.24, 2.45) is 5.41 Å². The van der Waals surface area contributed by atoms with E-state index in [1.165, 1.54) is 37.8 Å². The van der Waals surface area contributed by atoms with Gasteiger partial charge in [0, 0.05) is 20.2 Å². The minimum atomic E-state index is 0.607. The van der Waals surface area contributed by atoms with E-state index in [0.29, 0.717) is 5.41 Å². The summed E-state index contributed by atoms with van der Waals surface area (Å²) < 4.78 is 5.03. The van der Waals surface area contributed by atoms with Gasteiger partial charge in [-0.1, -0.05) is 0 Å². The second-order valence-electron chi connectivity index (χ2n) is 4.80. The molecule has 1 aromatic heterocycles. The summed E-state index contributed by atoms with van der Waals surface area (Å²) in [5.41, 5.74) is 2.11. The fourth-order valence-corrected chi connectivity index (χ4v) is 2.77. The largest absolute Gasteiger partial charge is 0.383 e. The summed E-state index contributed by atoms with van der Waals surface area (Å²) in [6, 6.07) is 2.25. The Hall–Kier alpha value is -0.380. The molecule has 90 valence electrons. The monoisotopic (exact) mass is 239 g/mol. The molecule has 2 nitrogen and oxygen atoms in total. The van der Waals surface area contributed by atoms with Crippen LogP contribution in [0.2, 0.25) is 0 Å². The lowest BCUT2D eigenvalue weighted by Crippen LogP contribution is -2.27. The molecule has 16 heavy (non-hydrogen) atoms. The molecule has 0 spiro atoms. The Morgan fingerprint density at radius 1 is 1.50 bits per heavy atom. The van der Waals surface area contributed by atoms with Gasteiger partial charge in [-0.25, -0.2) is 0 Å². The number of thiophene rings is 1. The Kier molecular flexibility index (Phi) is 4.38. The summed E-state index contributed by atoms with van der Waals surface area (Å²) in [6.07, 6.45) is 5.38. The number of nitrogens with one attached hydrogen (secondary N) is 1. The van der Waals surface area contributed by atoms with Gasteiger partial charge in [0.2, 0.25) is 0 Å². The molecule has 2 rings (SSSR count). The summed E-state index contributed by atoms with van der Waals surface area (Å²) in [7, 11) is 1.76. The standard InChI is InChI=1S/C13H21NOS/c1-15-8-7-14-11-13(5-6-13)4-2-12-3-9-16-10-12/h3,9-10,14H,2,4-8,11H2,1H3. The topological polar surface area (TPSA) is 21.3 Å². The second-order valence-corrected chi connectivity index (χ2v) is 5.58. The maximum Gasteiger partial charge on any atom is 0.0587 e. The molecule has 0 saturated heterocycles. The second kappa shape index (κ2) is 5.80. The van der Waals surface area contributed by atoms with Crippen molar-refractivity contribution >= 4 is 11.3 Å². The first-order chi connectivity index (χ1) is 7.85. The molecule has 0 amide bonds. The van der Waals surface area contributed by atoms with Gasteiger partial charge in [0.05, 0.1) is 6.61 Å². The van der Waals surface area contributed by atoms with Gasteiger partial charge in [0.15, 0.2) is 0 Å². The van der Waals surface area contributed by atoms with Gasteiger partial charge in [0.1, 0.15) is 0 Å². The van der Waals surface area contributed by atoms with Crippen LogP contribution >= 0.6 is 11.3 Å². The third-order valence-corrected chi connectivity index (χ3v) is 4.20. The molecule has 1 heterocycles. The highest BCUT2D eigenvalue weighted by atomic mass is 32.1. The molecule has 1 N–H and O–H groups in total. The zero-order valence-corrected chi connectivity index (χ0v) is 10.8. The molecule has 1 saturated carbocycles. The summed E-state index contributed by atoms with van der Waals surface area (Å²) in [5, 5.41) is 7.94. The van der Waals surface area contributed by atoms with E-state index in [2.05, 4.69) is 22.1 Å². The van der Waals surface area contributed by atoms with Gasteiger partial charge in [-0.2, -0.15) is 11.3 Å². The summed E-state index contributed by atoms with van der Waals surface area (Å²) in [4.78, 5) is 0. The molecule has 0 bridgehead atoms. The molecule has 0 radical (unpaired) electrons. The van der Waals surface area contributed by atoms with Crippen molar-refractivity contribution in [3.8, 4) is 0 Å². The third kappa shape index (κ3) is 3.58. The van der Waals surface area contributed by atoms with Gasteiger partial charge in [0.25, 0.3) is 0 Å². The van der Waals surface area contributed by atoms with E-state index < -0.39 is 0 Å². The molecule has 1 aromatic rings. The highest BCUT2D eigenvalue weighted by Gasteiger charge is 2.41. The Morgan fingerprint density at radius 2 is 2.38 bits per heavy atom. The van der Waals surface area contributed by atoms with Crippen LogP contribution in [-0.4, -0.2) is 26.8 Å². The average molecular weight is 239 g/mol. The van der Waals surface area contributed by atoms with Crippen molar-refractivity contribution in [1.82, 2.24) is 5.32 Å². The first-order valence-corrected chi connectivity index (χ1v) is 7.00. The van der Waals surface area contributed by atoms with Crippen LogP contribution < -0.4 is 5.32 Å². The number of methoxy groups -OCH3 is 1. The van der Waals surface area contributed by atoms with Crippen LogP contribution in [0.1, 0.15) is 24.8 Å². The quantitative estimate of drug-likeness (QED) is 0.704. The smallest absolute Gasteiger partial charge is 0.0587 e. The van der Waals surface area contributed by atoms with Crippen molar-refractivity contribution < 1.29 is 4.74 Å². The number of aryl methyl sites for hydroxylation is 1. The van der Waals surface area contributed by atoms with Crippen LogP contribution in [0.15, 0.2) is 16.8 Å². The number of rotatable bonds is 8. The minimum Gasteiger partial charge on any atom is -0.383 e. The van der Waals surface area contributed by atoms with Gasteiger partial charge < -0.3 is 10.1 Å². The SMILES string of the molecule is COCCNCC1(CCc2ccsc2)CC1. The average Bonchev–Trinajstić information content (AvgIpc) is 2.87. The zero-order valence-electron chi connectivity index (χ0n) is 10.00. The van der Waals surface area contributed by atoms with Crippen molar-refractivity contribution in [3.05, 3.63) is 22.4 Å². The van der Waals surface area contributed by atoms with E-state index in [1.54, 1.807) is 18.4 Å². The number of ether oxygens (including phenoxy) is 1. The van der Waals surface area contributed by atoms with Gasteiger partial charge in [-0.05, 0) is 53.5 Å². The predicted octanol–water partition coefficient (Wildman–Crippen LogP) is 2.70. The molecule has 0 atom stereocenters. The minimum absolute atomic E-state index is 0.607. The van der Waals surface area contributed by atoms with Crippen LogP contribution in [0.3, 0.4) is 0 Å². The Labute approximate surface area is 102 Å². The molecule has 0 aromatic carbocycles. The van der Waals surface area contributed by atoms with E-state index >= 15 is 0 Å². The van der Waals surface area contributed by atoms with Crippen molar-refractivity contribution in [1.29, 1.82) is 0 Å². The molecule has 1 fully saturated rings. The van der Waals surface area contributed by atoms with E-state index in [0.717, 1.165) is 13.2 Å². The van der Waals surface area contributed by atoms with E-state index in [-0.39, 0.29) is 0 Å². The van der Waals surface area contributed by atoms with Crippen LogP contribution in [0.4, 0.5) is 0 Å². The maximum absolute atomic E-state index is 5.03. The molecule has 1 aliphatic rings. The Bertz CT molecular complexity index is 293. The normalized spacial score (nSPS) is 17.6. The van der Waals surface area contributed by atoms with Crippen molar-refractivity contribution in [2.45, 2.75) is 25.7 Å². The molecule has 1 aliphatic carbocycles. The lowest BCUT2D eigenvalue weighted by molar-refractivity contribution is 0.197. The van der Waals surface area contributed by atoms with Crippen LogP contribution in [-0.2, 0) is 11.2 Å². The first-order valence-electron chi connectivity index (χ1n) is 6.05. The highest BCUT2D eigenvalue weighted by molar-refractivity contribution is 7.07. The Morgan fingerprint density at radius 3 is 3.00 bits per heavy atom. The maximum atomic E-state index is 5.03. The third-order valence-electron chi connectivity index (χ3n) is 3.46. The molecule has 0 unspecified atom stereocenters. The first kappa shape index (κ1) is 12.1. The van der Waals surface area contributed by atoms with E-state index in [1.807, 2.05) is 0 Å². The zero-order chi connectivity index (χ0) is 11.3. The summed E-state index contributed by atoms with van der Waals surface area (Å²) >= 11 is 1.80. The van der Waals surface area contributed by atoms with Crippen molar-refractivity contribution in [3.63, 3.8) is 0 Å². The van der Waals surface area contributed by atoms with E-state index in [4.69, 9.17) is 4.74 Å². The fourth-order valence-electron chi connectivity index (χ4n) is 2.06. The van der Waals surface area contributed by atoms with Gasteiger partial charge in [-0.3, -0.25) is 0 Å². The van der Waals surface area contributed by atoms with Crippen LogP contribution in [0.5, 0.6) is 0 Å². The Balaban J connectivity index is 1.64. The molecule has 0 aliphatic heterocycles. The fraction of sp³-hybridized carbons (Fsp3) is 0.692. The van der Waals surface area contributed by atoms with Crippen molar-refractivity contribution in [2.75, 3.05) is 26.8 Å².